The molecule has 5 heteroatoms. The number of aliphatic hydroxyl groups excluding tert-OH is 1. The summed E-state index contributed by atoms with van der Waals surface area (Å²) >= 11 is 0. The van der Waals surface area contributed by atoms with Gasteiger partial charge in [-0.25, -0.2) is 4.79 Å². The number of hydrogen-bond donors (Lipinski definition) is 3. The molecular formula is C17H30N2O3. The molecule has 1 heterocycles. The van der Waals surface area contributed by atoms with Crippen molar-refractivity contribution in [1.82, 2.24) is 10.6 Å². The average molecular weight is 310 g/mol. The minimum atomic E-state index is -0.108. The summed E-state index contributed by atoms with van der Waals surface area (Å²) in [6.07, 6.45) is 9.02. The Labute approximate surface area is 133 Å². The summed E-state index contributed by atoms with van der Waals surface area (Å²) in [4.78, 5) is 12.1. The fourth-order valence-corrected chi connectivity index (χ4v) is 3.51. The van der Waals surface area contributed by atoms with Crippen LogP contribution in [-0.4, -0.2) is 42.5 Å². The summed E-state index contributed by atoms with van der Waals surface area (Å²) < 4.78 is 5.89. The van der Waals surface area contributed by atoms with Crippen molar-refractivity contribution in [1.29, 1.82) is 0 Å². The van der Waals surface area contributed by atoms with Crippen LogP contribution in [0, 0.1) is 11.8 Å². The number of amides is 2. The molecule has 126 valence electrons. The number of carbonyl (C=O) groups is 1. The van der Waals surface area contributed by atoms with E-state index < -0.39 is 0 Å². The van der Waals surface area contributed by atoms with E-state index >= 15 is 0 Å². The van der Waals surface area contributed by atoms with Crippen LogP contribution in [0.2, 0.25) is 0 Å². The molecule has 0 spiro atoms. The molecule has 1 aliphatic heterocycles. The topological polar surface area (TPSA) is 70.6 Å². The van der Waals surface area contributed by atoms with E-state index in [0.717, 1.165) is 38.7 Å². The zero-order chi connectivity index (χ0) is 15.9. The van der Waals surface area contributed by atoms with Crippen LogP contribution in [0.4, 0.5) is 4.79 Å². The van der Waals surface area contributed by atoms with Crippen molar-refractivity contribution in [2.75, 3.05) is 13.2 Å². The summed E-state index contributed by atoms with van der Waals surface area (Å²) in [5.41, 5.74) is 0. The van der Waals surface area contributed by atoms with E-state index in [2.05, 4.69) is 24.5 Å². The Morgan fingerprint density at radius 2 is 2.05 bits per heavy atom. The van der Waals surface area contributed by atoms with E-state index in [0.29, 0.717) is 5.92 Å². The summed E-state index contributed by atoms with van der Waals surface area (Å²) in [5.74, 6) is 0.753. The Balaban J connectivity index is 1.75. The maximum atomic E-state index is 12.1. The molecule has 2 amide bonds. The molecule has 2 rings (SSSR count). The van der Waals surface area contributed by atoms with Gasteiger partial charge in [0.15, 0.2) is 0 Å². The predicted molar refractivity (Wildman–Crippen MR) is 86.6 cm³/mol. The van der Waals surface area contributed by atoms with Crippen LogP contribution in [-0.2, 0) is 4.74 Å². The first kappa shape index (κ1) is 17.3. The molecule has 1 aliphatic carbocycles. The maximum Gasteiger partial charge on any atom is 0.315 e. The summed E-state index contributed by atoms with van der Waals surface area (Å²) in [7, 11) is 0. The van der Waals surface area contributed by atoms with Crippen molar-refractivity contribution in [2.24, 2.45) is 11.8 Å². The number of hydrogen-bond acceptors (Lipinski definition) is 3. The van der Waals surface area contributed by atoms with Gasteiger partial charge < -0.3 is 20.5 Å². The van der Waals surface area contributed by atoms with Gasteiger partial charge in [0, 0.05) is 31.2 Å². The van der Waals surface area contributed by atoms with Crippen molar-refractivity contribution in [3.8, 4) is 0 Å². The van der Waals surface area contributed by atoms with Crippen LogP contribution in [0.5, 0.6) is 0 Å². The van der Waals surface area contributed by atoms with Crippen LogP contribution < -0.4 is 10.6 Å². The number of aliphatic hydroxyl groups is 1. The third kappa shape index (κ3) is 4.71. The zero-order valence-electron chi connectivity index (χ0n) is 13.8. The van der Waals surface area contributed by atoms with Gasteiger partial charge in [0.2, 0.25) is 0 Å². The molecule has 3 N–H and O–H groups in total. The van der Waals surface area contributed by atoms with Crippen LogP contribution in [0.3, 0.4) is 0 Å². The Bertz CT molecular complexity index is 382. The van der Waals surface area contributed by atoms with Gasteiger partial charge in [-0.05, 0) is 25.2 Å². The van der Waals surface area contributed by atoms with Crippen molar-refractivity contribution < 1.29 is 14.6 Å². The first-order valence-electron chi connectivity index (χ1n) is 8.64. The van der Waals surface area contributed by atoms with Gasteiger partial charge in [-0.15, -0.1) is 0 Å². The number of urea groups is 1. The lowest BCUT2D eigenvalue weighted by Crippen LogP contribution is -2.49. The summed E-state index contributed by atoms with van der Waals surface area (Å²) in [5, 5.41) is 15.2. The maximum absolute atomic E-state index is 12.1. The second kappa shape index (κ2) is 8.53. The lowest BCUT2D eigenvalue weighted by Gasteiger charge is -2.34. The third-order valence-electron chi connectivity index (χ3n) is 4.95. The number of rotatable bonds is 6. The highest BCUT2D eigenvalue weighted by atomic mass is 16.5. The molecule has 0 saturated carbocycles. The fraction of sp³-hybridized carbons (Fsp3) is 0.824. The van der Waals surface area contributed by atoms with E-state index in [1.54, 1.807) is 0 Å². The normalized spacial score (nSPS) is 31.5. The Morgan fingerprint density at radius 3 is 2.68 bits per heavy atom. The molecule has 5 nitrogen and oxygen atoms in total. The minimum absolute atomic E-state index is 0.0341. The quantitative estimate of drug-likeness (QED) is 0.659. The SMILES string of the molecule is CCC(CC)[C@@H]1C[C@@H](NC(=O)N[C@@H]2C=C[C@H](CO)C2)CCO1. The Hall–Kier alpha value is -1.07. The molecule has 2 aliphatic rings. The second-order valence-electron chi connectivity index (χ2n) is 6.49. The average Bonchev–Trinajstić information content (AvgIpc) is 2.96. The Kier molecular flexibility index (Phi) is 6.70. The van der Waals surface area contributed by atoms with Gasteiger partial charge in [0.05, 0.1) is 6.10 Å². The molecule has 0 radical (unpaired) electrons. The van der Waals surface area contributed by atoms with E-state index in [9.17, 15) is 4.79 Å². The molecule has 0 aromatic carbocycles. The largest absolute Gasteiger partial charge is 0.396 e. The molecular weight excluding hydrogens is 280 g/mol. The monoisotopic (exact) mass is 310 g/mol. The molecule has 0 aromatic rings. The highest BCUT2D eigenvalue weighted by molar-refractivity contribution is 5.74. The molecule has 0 aromatic heterocycles. The molecule has 0 unspecified atom stereocenters. The fourth-order valence-electron chi connectivity index (χ4n) is 3.51. The number of nitrogens with one attached hydrogen (secondary N) is 2. The number of carbonyl (C=O) groups excluding carboxylic acids is 1. The van der Waals surface area contributed by atoms with E-state index in [1.807, 2.05) is 12.2 Å². The van der Waals surface area contributed by atoms with E-state index in [4.69, 9.17) is 9.84 Å². The van der Waals surface area contributed by atoms with Crippen molar-refractivity contribution >= 4 is 6.03 Å². The summed E-state index contributed by atoms with van der Waals surface area (Å²) in [6, 6.07) is 0.119. The van der Waals surface area contributed by atoms with Gasteiger partial charge in [0.1, 0.15) is 0 Å². The van der Waals surface area contributed by atoms with E-state index in [-0.39, 0.29) is 36.7 Å². The third-order valence-corrected chi connectivity index (χ3v) is 4.95. The first-order chi connectivity index (χ1) is 10.7. The standard InChI is InChI=1S/C17H30N2O3/c1-3-13(4-2)16-10-15(7-8-22-16)19-17(21)18-14-6-5-12(9-14)11-20/h5-6,12-16,20H,3-4,7-11H2,1-2H3,(H2,18,19,21)/t12-,14+,15-,16-/m0/s1. The van der Waals surface area contributed by atoms with Crippen molar-refractivity contribution in [3.05, 3.63) is 12.2 Å². The number of ether oxygens (including phenoxy) is 1. The molecule has 4 atom stereocenters. The van der Waals surface area contributed by atoms with E-state index in [1.165, 1.54) is 0 Å². The second-order valence-corrected chi connectivity index (χ2v) is 6.49. The molecule has 1 fully saturated rings. The zero-order valence-corrected chi connectivity index (χ0v) is 13.8. The Morgan fingerprint density at radius 1 is 1.27 bits per heavy atom. The molecule has 1 saturated heterocycles. The van der Waals surface area contributed by atoms with Crippen LogP contribution >= 0.6 is 0 Å². The van der Waals surface area contributed by atoms with Gasteiger partial charge in [-0.3, -0.25) is 0 Å². The summed E-state index contributed by atoms with van der Waals surface area (Å²) in [6.45, 7) is 5.27. The van der Waals surface area contributed by atoms with Crippen LogP contribution in [0.25, 0.3) is 0 Å². The lowest BCUT2D eigenvalue weighted by molar-refractivity contribution is -0.0331. The lowest BCUT2D eigenvalue weighted by atomic mass is 9.89. The highest BCUT2D eigenvalue weighted by Crippen LogP contribution is 2.25. The van der Waals surface area contributed by atoms with Gasteiger partial charge >= 0.3 is 6.03 Å². The van der Waals surface area contributed by atoms with Crippen LogP contribution in [0.15, 0.2) is 12.2 Å². The first-order valence-corrected chi connectivity index (χ1v) is 8.64. The molecule has 22 heavy (non-hydrogen) atoms. The minimum Gasteiger partial charge on any atom is -0.396 e. The highest BCUT2D eigenvalue weighted by Gasteiger charge is 2.29. The molecule has 0 bridgehead atoms. The predicted octanol–water partition coefficient (Wildman–Crippen LogP) is 2.21. The smallest absolute Gasteiger partial charge is 0.315 e. The van der Waals surface area contributed by atoms with Gasteiger partial charge in [-0.2, -0.15) is 0 Å². The van der Waals surface area contributed by atoms with Gasteiger partial charge in [0.25, 0.3) is 0 Å². The van der Waals surface area contributed by atoms with Gasteiger partial charge in [-0.1, -0.05) is 38.8 Å². The van der Waals surface area contributed by atoms with Crippen molar-refractivity contribution in [2.45, 2.75) is 64.1 Å². The van der Waals surface area contributed by atoms with Crippen LogP contribution in [0.1, 0.15) is 46.0 Å². The van der Waals surface area contributed by atoms with Crippen molar-refractivity contribution in [3.63, 3.8) is 0 Å².